The maximum atomic E-state index is 12.1. The first kappa shape index (κ1) is 14.4. The highest BCUT2D eigenvalue weighted by molar-refractivity contribution is 5.80. The van der Waals surface area contributed by atoms with Crippen molar-refractivity contribution in [3.05, 3.63) is 71.9 Å². The molecule has 22 heavy (non-hydrogen) atoms. The van der Waals surface area contributed by atoms with Gasteiger partial charge in [-0.3, -0.25) is 4.79 Å². The number of hydrogen-bond donors (Lipinski definition) is 2. The van der Waals surface area contributed by atoms with Gasteiger partial charge in [0.25, 0.3) is 0 Å². The molecule has 0 saturated carbocycles. The van der Waals surface area contributed by atoms with Gasteiger partial charge in [-0.25, -0.2) is 0 Å². The van der Waals surface area contributed by atoms with Crippen LogP contribution < -0.4 is 5.32 Å². The van der Waals surface area contributed by atoms with E-state index in [9.17, 15) is 4.79 Å². The molecule has 3 heteroatoms. The Morgan fingerprint density at radius 1 is 1.14 bits per heavy atom. The third-order valence-corrected chi connectivity index (χ3v) is 3.94. The zero-order valence-electron chi connectivity index (χ0n) is 12.7. The number of fused-ring (bicyclic) bond motifs is 1. The van der Waals surface area contributed by atoms with Crippen LogP contribution in [0.4, 0.5) is 0 Å². The van der Waals surface area contributed by atoms with Gasteiger partial charge in [0.05, 0.1) is 6.04 Å². The molecule has 2 aromatic carbocycles. The number of amides is 1. The molecular weight excluding hydrogens is 272 g/mol. The Morgan fingerprint density at radius 3 is 2.77 bits per heavy atom. The van der Waals surface area contributed by atoms with Crippen molar-refractivity contribution in [2.75, 3.05) is 0 Å². The lowest BCUT2D eigenvalue weighted by molar-refractivity contribution is -0.121. The molecule has 3 aromatic rings. The molecule has 0 bridgehead atoms. The fourth-order valence-electron chi connectivity index (χ4n) is 2.65. The number of rotatable bonds is 5. The van der Waals surface area contributed by atoms with E-state index >= 15 is 0 Å². The van der Waals surface area contributed by atoms with E-state index < -0.39 is 0 Å². The standard InChI is InChI=1S/C19H20N2O/c1-14(16-5-3-2-4-6-16)21-19(22)10-8-15-7-9-18-17(13-15)11-12-20-18/h2-7,9,11-14,20H,8,10H2,1H3,(H,21,22)/t14-/m1/s1. The van der Waals surface area contributed by atoms with Gasteiger partial charge in [-0.2, -0.15) is 0 Å². The molecule has 0 aliphatic heterocycles. The van der Waals surface area contributed by atoms with Crippen LogP contribution in [0.3, 0.4) is 0 Å². The highest BCUT2D eigenvalue weighted by Gasteiger charge is 2.09. The molecule has 3 nitrogen and oxygen atoms in total. The van der Waals surface area contributed by atoms with Crippen molar-refractivity contribution in [3.63, 3.8) is 0 Å². The zero-order valence-corrected chi connectivity index (χ0v) is 12.7. The summed E-state index contributed by atoms with van der Waals surface area (Å²) in [6.45, 7) is 2.01. The van der Waals surface area contributed by atoms with Crippen molar-refractivity contribution in [2.24, 2.45) is 0 Å². The van der Waals surface area contributed by atoms with Crippen molar-refractivity contribution in [2.45, 2.75) is 25.8 Å². The molecule has 3 rings (SSSR count). The molecule has 0 saturated heterocycles. The molecule has 1 aromatic heterocycles. The molecule has 2 N–H and O–H groups in total. The summed E-state index contributed by atoms with van der Waals surface area (Å²) in [5, 5.41) is 4.24. The molecule has 1 heterocycles. The third kappa shape index (κ3) is 3.37. The van der Waals surface area contributed by atoms with Gasteiger partial charge < -0.3 is 10.3 Å². The summed E-state index contributed by atoms with van der Waals surface area (Å²) in [5.41, 5.74) is 3.45. The van der Waals surface area contributed by atoms with Crippen LogP contribution in [0.25, 0.3) is 10.9 Å². The van der Waals surface area contributed by atoms with E-state index in [1.807, 2.05) is 43.5 Å². The summed E-state index contributed by atoms with van der Waals surface area (Å²) in [5.74, 6) is 0.0884. The van der Waals surface area contributed by atoms with Gasteiger partial charge in [0.15, 0.2) is 0 Å². The first-order valence-corrected chi connectivity index (χ1v) is 7.63. The predicted octanol–water partition coefficient (Wildman–Crippen LogP) is 3.98. The van der Waals surface area contributed by atoms with Gasteiger partial charge in [0.1, 0.15) is 0 Å². The molecule has 0 aliphatic carbocycles. The van der Waals surface area contributed by atoms with Gasteiger partial charge in [-0.15, -0.1) is 0 Å². The fraction of sp³-hybridized carbons (Fsp3) is 0.211. The first-order chi connectivity index (χ1) is 10.7. The molecule has 0 radical (unpaired) electrons. The Morgan fingerprint density at radius 2 is 1.95 bits per heavy atom. The number of aromatic amines is 1. The van der Waals surface area contributed by atoms with Gasteiger partial charge in [-0.05, 0) is 48.1 Å². The number of nitrogens with one attached hydrogen (secondary N) is 2. The lowest BCUT2D eigenvalue weighted by atomic mass is 10.1. The quantitative estimate of drug-likeness (QED) is 0.734. The number of aryl methyl sites for hydroxylation is 1. The fourth-order valence-corrected chi connectivity index (χ4v) is 2.65. The maximum Gasteiger partial charge on any atom is 0.220 e. The summed E-state index contributed by atoms with van der Waals surface area (Å²) in [6, 6.07) is 18.4. The number of carbonyl (C=O) groups is 1. The van der Waals surface area contributed by atoms with Gasteiger partial charge in [-0.1, -0.05) is 36.4 Å². The lowest BCUT2D eigenvalue weighted by Crippen LogP contribution is -2.26. The van der Waals surface area contributed by atoms with Crippen LogP contribution in [0.15, 0.2) is 60.8 Å². The van der Waals surface area contributed by atoms with Crippen molar-refractivity contribution >= 4 is 16.8 Å². The minimum Gasteiger partial charge on any atom is -0.361 e. The molecular formula is C19H20N2O. The van der Waals surface area contributed by atoms with Crippen molar-refractivity contribution in [3.8, 4) is 0 Å². The predicted molar refractivity (Wildman–Crippen MR) is 89.6 cm³/mol. The average molecular weight is 292 g/mol. The number of aromatic nitrogens is 1. The normalized spacial score (nSPS) is 12.2. The van der Waals surface area contributed by atoms with E-state index in [0.717, 1.165) is 17.5 Å². The Kier molecular flexibility index (Phi) is 4.24. The molecule has 0 spiro atoms. The van der Waals surface area contributed by atoms with E-state index in [2.05, 4.69) is 34.6 Å². The highest BCUT2D eigenvalue weighted by atomic mass is 16.1. The highest BCUT2D eigenvalue weighted by Crippen LogP contribution is 2.16. The van der Waals surface area contributed by atoms with Gasteiger partial charge in [0.2, 0.25) is 5.91 Å². The average Bonchev–Trinajstić information content (AvgIpc) is 3.01. The molecule has 0 aliphatic rings. The second-order valence-electron chi connectivity index (χ2n) is 5.60. The van der Waals surface area contributed by atoms with Crippen LogP contribution in [0.2, 0.25) is 0 Å². The topological polar surface area (TPSA) is 44.9 Å². The monoisotopic (exact) mass is 292 g/mol. The second-order valence-corrected chi connectivity index (χ2v) is 5.60. The van der Waals surface area contributed by atoms with Crippen LogP contribution in [0.1, 0.15) is 30.5 Å². The summed E-state index contributed by atoms with van der Waals surface area (Å²) in [6.07, 6.45) is 3.20. The first-order valence-electron chi connectivity index (χ1n) is 7.63. The zero-order chi connectivity index (χ0) is 15.4. The Hall–Kier alpha value is -2.55. The Bertz CT molecular complexity index is 761. The van der Waals surface area contributed by atoms with Crippen LogP contribution in [-0.4, -0.2) is 10.9 Å². The number of carbonyl (C=O) groups excluding carboxylic acids is 1. The number of hydrogen-bond acceptors (Lipinski definition) is 1. The summed E-state index contributed by atoms with van der Waals surface area (Å²) >= 11 is 0. The largest absolute Gasteiger partial charge is 0.361 e. The number of benzene rings is 2. The SMILES string of the molecule is C[C@@H](NC(=O)CCc1ccc2[nH]ccc2c1)c1ccccc1. The molecule has 0 fully saturated rings. The van der Waals surface area contributed by atoms with Crippen LogP contribution in [0.5, 0.6) is 0 Å². The second kappa shape index (κ2) is 6.48. The van der Waals surface area contributed by atoms with E-state index in [4.69, 9.17) is 0 Å². The Labute approximate surface area is 130 Å². The molecule has 1 amide bonds. The van der Waals surface area contributed by atoms with E-state index in [1.54, 1.807) is 0 Å². The maximum absolute atomic E-state index is 12.1. The van der Waals surface area contributed by atoms with Crippen LogP contribution in [-0.2, 0) is 11.2 Å². The third-order valence-electron chi connectivity index (χ3n) is 3.94. The number of H-pyrrole nitrogens is 1. The smallest absolute Gasteiger partial charge is 0.220 e. The van der Waals surface area contributed by atoms with Crippen LogP contribution in [0, 0.1) is 0 Å². The summed E-state index contributed by atoms with van der Waals surface area (Å²) < 4.78 is 0. The molecule has 0 unspecified atom stereocenters. The van der Waals surface area contributed by atoms with Gasteiger partial charge >= 0.3 is 0 Å². The van der Waals surface area contributed by atoms with E-state index in [-0.39, 0.29) is 11.9 Å². The summed E-state index contributed by atoms with van der Waals surface area (Å²) in [4.78, 5) is 15.3. The van der Waals surface area contributed by atoms with E-state index in [1.165, 1.54) is 10.9 Å². The Balaban J connectivity index is 1.55. The lowest BCUT2D eigenvalue weighted by Gasteiger charge is -2.14. The van der Waals surface area contributed by atoms with E-state index in [0.29, 0.717) is 6.42 Å². The minimum absolute atomic E-state index is 0.0425. The molecule has 112 valence electrons. The van der Waals surface area contributed by atoms with Crippen LogP contribution >= 0.6 is 0 Å². The molecule has 1 atom stereocenters. The summed E-state index contributed by atoms with van der Waals surface area (Å²) in [7, 11) is 0. The van der Waals surface area contributed by atoms with Crippen molar-refractivity contribution < 1.29 is 4.79 Å². The van der Waals surface area contributed by atoms with Gasteiger partial charge in [0, 0.05) is 18.1 Å². The minimum atomic E-state index is 0.0425. The van der Waals surface area contributed by atoms with Crippen molar-refractivity contribution in [1.82, 2.24) is 10.3 Å². The van der Waals surface area contributed by atoms with Crippen molar-refractivity contribution in [1.29, 1.82) is 0 Å².